The fraction of sp³-hybridized carbons (Fsp3) is 0.448. The Morgan fingerprint density at radius 1 is 0.975 bits per heavy atom. The van der Waals surface area contributed by atoms with Gasteiger partial charge in [-0.3, -0.25) is 24.5 Å². The molecule has 1 aliphatic rings. The Hall–Kier alpha value is -3.80. The number of carbonyl (C=O) groups is 4. The summed E-state index contributed by atoms with van der Waals surface area (Å²) in [7, 11) is 1.49. The molecule has 1 heterocycles. The number of ether oxygens (including phenoxy) is 4. The number of hydrogen-bond acceptors (Lipinski definition) is 9. The zero-order chi connectivity index (χ0) is 28.7. The molecular weight excluding hydrogens is 518 g/mol. The summed E-state index contributed by atoms with van der Waals surface area (Å²) in [6.07, 6.45) is 0.973. The topological polar surface area (TPSA) is 132 Å². The molecule has 11 heteroatoms. The van der Waals surface area contributed by atoms with Gasteiger partial charge in [0.15, 0.2) is 6.29 Å². The van der Waals surface area contributed by atoms with Crippen LogP contribution in [0.1, 0.15) is 39.1 Å². The van der Waals surface area contributed by atoms with Crippen LogP contribution in [0.15, 0.2) is 42.5 Å². The summed E-state index contributed by atoms with van der Waals surface area (Å²) in [5, 5.41) is 5.38. The minimum atomic E-state index is -0.793. The first-order chi connectivity index (χ1) is 19.4. The number of benzene rings is 2. The second-order valence-electron chi connectivity index (χ2n) is 9.20. The van der Waals surface area contributed by atoms with Crippen molar-refractivity contribution in [2.24, 2.45) is 0 Å². The van der Waals surface area contributed by atoms with Gasteiger partial charge in [-0.25, -0.2) is 0 Å². The number of aldehydes is 1. The van der Waals surface area contributed by atoms with Crippen LogP contribution in [0.2, 0.25) is 0 Å². The Labute approximate surface area is 234 Å². The highest BCUT2D eigenvalue weighted by molar-refractivity contribution is 6.08. The number of rotatable bonds is 17. The lowest BCUT2D eigenvalue weighted by Gasteiger charge is -2.30. The zero-order valence-corrected chi connectivity index (χ0v) is 23.0. The van der Waals surface area contributed by atoms with Gasteiger partial charge < -0.3 is 29.2 Å². The van der Waals surface area contributed by atoms with Crippen LogP contribution >= 0.6 is 0 Å². The summed E-state index contributed by atoms with van der Waals surface area (Å²) in [4.78, 5) is 49.9. The third kappa shape index (κ3) is 9.44. The van der Waals surface area contributed by atoms with Gasteiger partial charge in [-0.2, -0.15) is 0 Å². The SMILES string of the molecule is Cc1ccc(OCCOCCOCCOCCNc2cccc(C=O)c2C(=O)N(C)C2CCC(=O)NC2=O)cc1. The van der Waals surface area contributed by atoms with E-state index in [-0.39, 0.29) is 29.9 Å². The fourth-order valence-corrected chi connectivity index (χ4v) is 4.08. The van der Waals surface area contributed by atoms with Crippen molar-refractivity contribution in [2.75, 3.05) is 65.2 Å². The number of imide groups is 1. The van der Waals surface area contributed by atoms with Crippen LogP contribution in [0.3, 0.4) is 0 Å². The van der Waals surface area contributed by atoms with Gasteiger partial charge in [0.2, 0.25) is 11.8 Å². The number of likely N-dealkylation sites (N-methyl/N-ethyl adjacent to an activating group) is 1. The van der Waals surface area contributed by atoms with Crippen molar-refractivity contribution in [3.63, 3.8) is 0 Å². The van der Waals surface area contributed by atoms with Crippen LogP contribution in [-0.2, 0) is 23.8 Å². The Balaban J connectivity index is 1.31. The molecule has 2 aromatic carbocycles. The summed E-state index contributed by atoms with van der Waals surface area (Å²) in [5.41, 5.74) is 2.00. The molecule has 1 atom stereocenters. The monoisotopic (exact) mass is 555 g/mol. The van der Waals surface area contributed by atoms with Gasteiger partial charge in [0, 0.05) is 31.3 Å². The van der Waals surface area contributed by atoms with Crippen molar-refractivity contribution in [1.29, 1.82) is 0 Å². The lowest BCUT2D eigenvalue weighted by Crippen LogP contribution is -2.53. The lowest BCUT2D eigenvalue weighted by molar-refractivity contribution is -0.136. The molecule has 0 spiro atoms. The summed E-state index contributed by atoms with van der Waals surface area (Å²) in [5.74, 6) is -0.565. The smallest absolute Gasteiger partial charge is 0.257 e. The van der Waals surface area contributed by atoms with Crippen LogP contribution in [0.5, 0.6) is 5.75 Å². The van der Waals surface area contributed by atoms with Gasteiger partial charge in [0.25, 0.3) is 5.91 Å². The molecule has 11 nitrogen and oxygen atoms in total. The number of carbonyl (C=O) groups excluding carboxylic acids is 4. The Morgan fingerprint density at radius 2 is 1.62 bits per heavy atom. The van der Waals surface area contributed by atoms with E-state index in [9.17, 15) is 19.2 Å². The number of anilines is 1. The molecule has 0 radical (unpaired) electrons. The molecule has 0 bridgehead atoms. The van der Waals surface area contributed by atoms with Gasteiger partial charge in [0.05, 0.1) is 45.2 Å². The highest BCUT2D eigenvalue weighted by Gasteiger charge is 2.34. The predicted molar refractivity (Wildman–Crippen MR) is 148 cm³/mol. The average molecular weight is 556 g/mol. The van der Waals surface area contributed by atoms with E-state index in [1.807, 2.05) is 31.2 Å². The first-order valence-corrected chi connectivity index (χ1v) is 13.3. The second kappa shape index (κ2) is 16.3. The molecule has 0 aromatic heterocycles. The highest BCUT2D eigenvalue weighted by Crippen LogP contribution is 2.23. The van der Waals surface area contributed by atoms with Gasteiger partial charge in [0.1, 0.15) is 18.4 Å². The summed E-state index contributed by atoms with van der Waals surface area (Å²) in [6, 6.07) is 12.0. The lowest BCUT2D eigenvalue weighted by atomic mass is 10.0. The van der Waals surface area contributed by atoms with E-state index in [0.29, 0.717) is 64.8 Å². The van der Waals surface area contributed by atoms with E-state index in [0.717, 1.165) is 5.75 Å². The van der Waals surface area contributed by atoms with Crippen molar-refractivity contribution < 1.29 is 38.1 Å². The molecule has 2 N–H and O–H groups in total. The third-order valence-corrected chi connectivity index (χ3v) is 6.26. The minimum Gasteiger partial charge on any atom is -0.491 e. The van der Waals surface area contributed by atoms with Crippen LogP contribution in [0.4, 0.5) is 5.69 Å². The van der Waals surface area contributed by atoms with Crippen LogP contribution < -0.4 is 15.4 Å². The van der Waals surface area contributed by atoms with Gasteiger partial charge >= 0.3 is 0 Å². The van der Waals surface area contributed by atoms with E-state index in [1.54, 1.807) is 18.2 Å². The number of hydrogen-bond donors (Lipinski definition) is 2. The standard InChI is InChI=1S/C29H37N3O8/c1-21-6-8-23(9-7-21)40-19-18-39-17-16-38-15-14-37-13-12-30-24-5-3-4-22(20-33)27(24)29(36)32(2)25-10-11-26(34)31-28(25)35/h3-9,20,25,30H,10-19H2,1-2H3,(H,31,34,35). The zero-order valence-electron chi connectivity index (χ0n) is 23.0. The van der Waals surface area contributed by atoms with Crippen molar-refractivity contribution in [1.82, 2.24) is 10.2 Å². The molecule has 3 amide bonds. The molecule has 0 saturated carbocycles. The number of piperidine rings is 1. The summed E-state index contributed by atoms with van der Waals surface area (Å²) in [6.45, 7) is 5.38. The molecule has 1 fully saturated rings. The predicted octanol–water partition coefficient (Wildman–Crippen LogP) is 2.23. The van der Waals surface area contributed by atoms with Crippen LogP contribution in [0.25, 0.3) is 0 Å². The summed E-state index contributed by atoms with van der Waals surface area (Å²) >= 11 is 0. The van der Waals surface area contributed by atoms with E-state index in [4.69, 9.17) is 18.9 Å². The van der Waals surface area contributed by atoms with Gasteiger partial charge in [-0.15, -0.1) is 0 Å². The maximum absolute atomic E-state index is 13.3. The fourth-order valence-electron chi connectivity index (χ4n) is 4.08. The third-order valence-electron chi connectivity index (χ3n) is 6.26. The van der Waals surface area contributed by atoms with Crippen molar-refractivity contribution >= 4 is 29.7 Å². The van der Waals surface area contributed by atoms with Crippen molar-refractivity contribution in [2.45, 2.75) is 25.8 Å². The van der Waals surface area contributed by atoms with E-state index < -0.39 is 17.9 Å². The molecule has 2 aromatic rings. The van der Waals surface area contributed by atoms with Gasteiger partial charge in [-0.05, 0) is 31.5 Å². The number of nitrogens with one attached hydrogen (secondary N) is 2. The van der Waals surface area contributed by atoms with Crippen molar-refractivity contribution in [3.05, 3.63) is 59.2 Å². The Kier molecular flexibility index (Phi) is 12.6. The Morgan fingerprint density at radius 3 is 2.27 bits per heavy atom. The Bertz CT molecular complexity index is 1140. The molecular formula is C29H37N3O8. The maximum atomic E-state index is 13.3. The van der Waals surface area contributed by atoms with Crippen LogP contribution in [-0.4, -0.2) is 94.8 Å². The first-order valence-electron chi connectivity index (χ1n) is 13.3. The molecule has 0 aliphatic carbocycles. The van der Waals surface area contributed by atoms with E-state index in [2.05, 4.69) is 10.6 Å². The quantitative estimate of drug-likeness (QED) is 0.171. The van der Waals surface area contributed by atoms with Crippen molar-refractivity contribution in [3.8, 4) is 5.75 Å². The first kappa shape index (κ1) is 30.7. The highest BCUT2D eigenvalue weighted by atomic mass is 16.6. The van der Waals surface area contributed by atoms with E-state index in [1.165, 1.54) is 17.5 Å². The molecule has 1 saturated heterocycles. The average Bonchev–Trinajstić information content (AvgIpc) is 2.95. The van der Waals surface area contributed by atoms with Gasteiger partial charge in [-0.1, -0.05) is 29.8 Å². The minimum absolute atomic E-state index is 0.145. The molecule has 1 unspecified atom stereocenters. The number of nitrogens with zero attached hydrogens (tertiary/aromatic N) is 1. The molecule has 3 rings (SSSR count). The largest absolute Gasteiger partial charge is 0.491 e. The number of aryl methyl sites for hydroxylation is 1. The normalized spacial score (nSPS) is 14.9. The maximum Gasteiger partial charge on any atom is 0.257 e. The molecule has 1 aliphatic heterocycles. The van der Waals surface area contributed by atoms with Crippen LogP contribution in [0, 0.1) is 6.92 Å². The molecule has 216 valence electrons. The molecule has 40 heavy (non-hydrogen) atoms. The summed E-state index contributed by atoms with van der Waals surface area (Å²) < 4.78 is 22.2. The second-order valence-corrected chi connectivity index (χ2v) is 9.20. The van der Waals surface area contributed by atoms with E-state index >= 15 is 0 Å². The number of amides is 3.